The highest BCUT2D eigenvalue weighted by atomic mass is 127. The van der Waals surface area contributed by atoms with Crippen LogP contribution in [0.1, 0.15) is 42.3 Å². The third-order valence-corrected chi connectivity index (χ3v) is 5.97. The fourth-order valence-corrected chi connectivity index (χ4v) is 4.33. The number of aryl methyl sites for hydroxylation is 3. The summed E-state index contributed by atoms with van der Waals surface area (Å²) in [6, 6.07) is 8.39. The molecule has 2 aliphatic rings. The molecule has 0 bridgehead atoms. The summed E-state index contributed by atoms with van der Waals surface area (Å²) in [5.74, 6) is 1.82. The summed E-state index contributed by atoms with van der Waals surface area (Å²) in [5.41, 5.74) is 2.52. The monoisotopic (exact) mass is 540 g/mol. The minimum Gasteiger partial charge on any atom is -0.370 e. The number of fused-ring (bicyclic) bond motifs is 1. The summed E-state index contributed by atoms with van der Waals surface area (Å²) in [5, 5.41) is 7.96. The van der Waals surface area contributed by atoms with Crippen molar-refractivity contribution in [2.45, 2.75) is 51.8 Å². The summed E-state index contributed by atoms with van der Waals surface area (Å²) >= 11 is 0. The molecule has 0 spiro atoms. The maximum absolute atomic E-state index is 12.4. The molecule has 31 heavy (non-hydrogen) atoms. The van der Waals surface area contributed by atoms with E-state index in [4.69, 9.17) is 4.74 Å². The molecule has 2 aliphatic heterocycles. The molecule has 1 saturated heterocycles. The van der Waals surface area contributed by atoms with Crippen LogP contribution in [0.3, 0.4) is 0 Å². The van der Waals surface area contributed by atoms with E-state index in [1.165, 1.54) is 11.1 Å². The van der Waals surface area contributed by atoms with Gasteiger partial charge in [0.05, 0.1) is 13.2 Å². The first-order chi connectivity index (χ1) is 14.7. The lowest BCUT2D eigenvalue weighted by Gasteiger charge is -2.35. The number of aliphatic imine (C=N–C) groups is 1. The Labute approximate surface area is 200 Å². The minimum absolute atomic E-state index is 0. The first-order valence-corrected chi connectivity index (χ1v) is 11.0. The van der Waals surface area contributed by atoms with Crippen LogP contribution in [0, 0.1) is 6.92 Å². The fourth-order valence-electron chi connectivity index (χ4n) is 4.33. The van der Waals surface area contributed by atoms with Crippen LogP contribution in [0.25, 0.3) is 0 Å². The Morgan fingerprint density at radius 2 is 2.13 bits per heavy atom. The lowest BCUT2D eigenvalue weighted by atomic mass is 10.0. The molecule has 170 valence electrons. The third-order valence-electron chi connectivity index (χ3n) is 5.97. The van der Waals surface area contributed by atoms with Gasteiger partial charge in [-0.15, -0.1) is 24.0 Å². The molecular weight excluding hydrogens is 507 g/mol. The first-order valence-electron chi connectivity index (χ1n) is 11.0. The largest absolute Gasteiger partial charge is 0.370 e. The number of aromatic nitrogens is 3. The van der Waals surface area contributed by atoms with E-state index in [1.807, 2.05) is 11.6 Å². The molecule has 1 atom stereocenters. The predicted octanol–water partition coefficient (Wildman–Crippen LogP) is 2.35. The maximum Gasteiger partial charge on any atom is 0.345 e. The van der Waals surface area contributed by atoms with E-state index in [9.17, 15) is 4.79 Å². The molecule has 0 aliphatic carbocycles. The Balaban J connectivity index is 0.00000272. The molecule has 1 fully saturated rings. The SMILES string of the molecule is CN=C(NCCCn1nc2n(c1=O)CCCC2)N1CCOC(c2ccccc2C)C1.I. The third kappa shape index (κ3) is 5.49. The highest BCUT2D eigenvalue weighted by Crippen LogP contribution is 2.24. The van der Waals surface area contributed by atoms with Crippen molar-refractivity contribution < 1.29 is 4.74 Å². The lowest BCUT2D eigenvalue weighted by Crippen LogP contribution is -2.48. The summed E-state index contributed by atoms with van der Waals surface area (Å²) in [6.07, 6.45) is 3.97. The van der Waals surface area contributed by atoms with E-state index in [1.54, 1.807) is 4.68 Å². The molecule has 4 rings (SSSR count). The van der Waals surface area contributed by atoms with Crippen LogP contribution in [0.4, 0.5) is 0 Å². The molecular formula is C22H33IN6O2. The molecule has 0 radical (unpaired) electrons. The Hall–Kier alpha value is -1.88. The number of benzene rings is 1. The predicted molar refractivity (Wildman–Crippen MR) is 132 cm³/mol. The van der Waals surface area contributed by atoms with Gasteiger partial charge in [-0.2, -0.15) is 5.10 Å². The number of rotatable bonds is 5. The molecule has 9 heteroatoms. The van der Waals surface area contributed by atoms with Gasteiger partial charge >= 0.3 is 5.69 Å². The Morgan fingerprint density at radius 3 is 2.90 bits per heavy atom. The minimum atomic E-state index is 0. The van der Waals surface area contributed by atoms with Gasteiger partial charge in [-0.1, -0.05) is 24.3 Å². The second-order valence-electron chi connectivity index (χ2n) is 8.02. The summed E-state index contributed by atoms with van der Waals surface area (Å²) < 4.78 is 9.48. The maximum atomic E-state index is 12.4. The van der Waals surface area contributed by atoms with Crippen molar-refractivity contribution in [3.8, 4) is 0 Å². The molecule has 2 aromatic rings. The number of ether oxygens (including phenoxy) is 1. The number of hydrogen-bond acceptors (Lipinski definition) is 4. The second kappa shape index (κ2) is 11.1. The molecule has 0 saturated carbocycles. The number of nitrogens with zero attached hydrogens (tertiary/aromatic N) is 5. The van der Waals surface area contributed by atoms with Crippen molar-refractivity contribution >= 4 is 29.9 Å². The van der Waals surface area contributed by atoms with E-state index >= 15 is 0 Å². The normalized spacial score (nSPS) is 19.0. The Kier molecular flexibility index (Phi) is 8.53. The smallest absolute Gasteiger partial charge is 0.345 e. The van der Waals surface area contributed by atoms with Gasteiger partial charge in [0.25, 0.3) is 0 Å². The van der Waals surface area contributed by atoms with Crippen molar-refractivity contribution in [1.82, 2.24) is 24.6 Å². The van der Waals surface area contributed by atoms with Crippen LogP contribution in [-0.2, 0) is 24.2 Å². The second-order valence-corrected chi connectivity index (χ2v) is 8.02. The van der Waals surface area contributed by atoms with Crippen LogP contribution in [0.5, 0.6) is 0 Å². The van der Waals surface area contributed by atoms with Gasteiger partial charge in [0.2, 0.25) is 0 Å². The standard InChI is InChI=1S/C22H32N6O2.HI/c1-17-8-3-4-9-18(17)19-16-26(14-15-30-19)21(23-2)24-11-7-13-28-22(29)27-12-6-5-10-20(27)25-28;/h3-4,8-9,19H,5-7,10-16H2,1-2H3,(H,23,24);1H. The molecule has 8 nitrogen and oxygen atoms in total. The quantitative estimate of drug-likeness (QED) is 0.273. The highest BCUT2D eigenvalue weighted by molar-refractivity contribution is 14.0. The van der Waals surface area contributed by atoms with E-state index in [0.29, 0.717) is 13.2 Å². The van der Waals surface area contributed by atoms with Crippen molar-refractivity contribution in [3.63, 3.8) is 0 Å². The van der Waals surface area contributed by atoms with Gasteiger partial charge in [-0.25, -0.2) is 9.48 Å². The van der Waals surface area contributed by atoms with Gasteiger partial charge in [0, 0.05) is 39.6 Å². The molecule has 1 N–H and O–H groups in total. The molecule has 1 unspecified atom stereocenters. The van der Waals surface area contributed by atoms with Crippen LogP contribution < -0.4 is 11.0 Å². The van der Waals surface area contributed by atoms with Gasteiger partial charge in [-0.3, -0.25) is 9.56 Å². The van der Waals surface area contributed by atoms with E-state index < -0.39 is 0 Å². The van der Waals surface area contributed by atoms with Gasteiger partial charge < -0.3 is 15.0 Å². The Bertz CT molecular complexity index is 954. The zero-order valence-electron chi connectivity index (χ0n) is 18.4. The van der Waals surface area contributed by atoms with E-state index in [0.717, 1.165) is 63.6 Å². The summed E-state index contributed by atoms with van der Waals surface area (Å²) in [7, 11) is 1.81. The zero-order valence-corrected chi connectivity index (χ0v) is 20.7. The number of nitrogens with one attached hydrogen (secondary N) is 1. The lowest BCUT2D eigenvalue weighted by molar-refractivity contribution is -0.00831. The van der Waals surface area contributed by atoms with Crippen molar-refractivity contribution in [3.05, 3.63) is 51.7 Å². The topological polar surface area (TPSA) is 76.7 Å². The zero-order chi connectivity index (χ0) is 20.9. The average Bonchev–Trinajstić information content (AvgIpc) is 3.10. The van der Waals surface area contributed by atoms with Gasteiger partial charge in [0.15, 0.2) is 5.96 Å². The molecule has 0 amide bonds. The Morgan fingerprint density at radius 1 is 1.29 bits per heavy atom. The number of halogens is 1. The first kappa shape index (κ1) is 23.8. The molecule has 1 aromatic carbocycles. The summed E-state index contributed by atoms with van der Waals surface area (Å²) in [6.45, 7) is 6.56. The van der Waals surface area contributed by atoms with E-state index in [-0.39, 0.29) is 35.8 Å². The van der Waals surface area contributed by atoms with Crippen molar-refractivity contribution in [2.75, 3.05) is 33.3 Å². The number of hydrogen-bond donors (Lipinski definition) is 1. The van der Waals surface area contributed by atoms with E-state index in [2.05, 4.69) is 51.5 Å². The fraction of sp³-hybridized carbons (Fsp3) is 0.591. The van der Waals surface area contributed by atoms with Crippen LogP contribution in [0.2, 0.25) is 0 Å². The van der Waals surface area contributed by atoms with Gasteiger partial charge in [0.1, 0.15) is 11.9 Å². The average molecular weight is 540 g/mol. The van der Waals surface area contributed by atoms with Crippen LogP contribution in [-0.4, -0.2) is 58.5 Å². The number of guanidine groups is 1. The van der Waals surface area contributed by atoms with Crippen LogP contribution >= 0.6 is 24.0 Å². The van der Waals surface area contributed by atoms with Crippen molar-refractivity contribution in [1.29, 1.82) is 0 Å². The number of morpholine rings is 1. The summed E-state index contributed by atoms with van der Waals surface area (Å²) in [4.78, 5) is 19.2. The highest BCUT2D eigenvalue weighted by Gasteiger charge is 2.25. The molecule has 1 aromatic heterocycles. The van der Waals surface area contributed by atoms with Gasteiger partial charge in [-0.05, 0) is 37.3 Å². The van der Waals surface area contributed by atoms with Crippen LogP contribution in [0.15, 0.2) is 34.1 Å². The molecule has 3 heterocycles. The van der Waals surface area contributed by atoms with Crippen molar-refractivity contribution in [2.24, 2.45) is 4.99 Å².